The number of carbonyl (C=O) groups excluding carboxylic acids is 4. The molecule has 0 spiro atoms. The predicted molar refractivity (Wildman–Crippen MR) is 147 cm³/mol. The molecule has 4 amide bonds. The van der Waals surface area contributed by atoms with E-state index >= 15 is 0 Å². The summed E-state index contributed by atoms with van der Waals surface area (Å²) >= 11 is 5.78. The molecule has 2 aromatic carbocycles. The molecule has 186 valence electrons. The largest absolute Gasteiger partial charge is 0.389 e. The van der Waals surface area contributed by atoms with E-state index in [0.717, 1.165) is 21.8 Å². The molecule has 4 unspecified atom stereocenters. The Labute approximate surface area is 222 Å². The minimum Gasteiger partial charge on any atom is -0.389 e. The van der Waals surface area contributed by atoms with E-state index in [9.17, 15) is 28.0 Å². The van der Waals surface area contributed by atoms with Gasteiger partial charge in [-0.3, -0.25) is 19.2 Å². The summed E-state index contributed by atoms with van der Waals surface area (Å²) < 4.78 is 29.9. The lowest BCUT2D eigenvalue weighted by Crippen LogP contribution is -2.58. The normalized spacial score (nSPS) is 22.7. The molecule has 2 aromatic rings. The average molecular weight is 521 g/mol. The van der Waals surface area contributed by atoms with Gasteiger partial charge in [-0.25, -0.2) is 0 Å². The Balaban J connectivity index is 1.56. The van der Waals surface area contributed by atoms with Crippen molar-refractivity contribution in [2.24, 2.45) is 0 Å². The molecule has 1 saturated heterocycles. The maximum Gasteiger partial charge on any atom is 0.348 e. The van der Waals surface area contributed by atoms with Gasteiger partial charge in [0.15, 0.2) is 0 Å². The fourth-order valence-electron chi connectivity index (χ4n) is 5.00. The number of rotatable bonds is 5. The van der Waals surface area contributed by atoms with Crippen LogP contribution in [0.2, 0.25) is 16.7 Å². The number of halogens is 3. The average Bonchev–Trinajstić information content (AvgIpc) is 3.20. The molecule has 4 rings (SSSR count). The smallest absolute Gasteiger partial charge is 0.348 e. The zero-order valence-electron chi connectivity index (χ0n) is 21.2. The van der Waals surface area contributed by atoms with Crippen LogP contribution in [-0.4, -0.2) is 83.7 Å². The summed E-state index contributed by atoms with van der Waals surface area (Å²) in [6.07, 6.45) is 0. The number of amides is 4. The van der Waals surface area contributed by atoms with Gasteiger partial charge in [-0.1, -0.05) is 35.9 Å². The molecule has 15 heteroatoms. The highest BCUT2D eigenvalue weighted by molar-refractivity contribution is 6.40. The molecule has 4 atom stereocenters. The van der Waals surface area contributed by atoms with Crippen LogP contribution in [0.4, 0.5) is 8.78 Å². The van der Waals surface area contributed by atoms with Crippen LogP contribution in [0.15, 0.2) is 42.5 Å². The molecular weight excluding hydrogens is 498 g/mol. The maximum atomic E-state index is 15.0. The quantitative estimate of drug-likeness (QED) is 0.345. The van der Waals surface area contributed by atoms with Gasteiger partial charge < -0.3 is 14.5 Å². The molecule has 37 heavy (non-hydrogen) atoms. The highest BCUT2D eigenvalue weighted by Crippen LogP contribution is 2.38. The third-order valence-corrected chi connectivity index (χ3v) is 8.00. The molecule has 0 N–H and O–H groups in total. The van der Waals surface area contributed by atoms with Gasteiger partial charge in [-0.15, -0.1) is 0 Å². The van der Waals surface area contributed by atoms with Crippen LogP contribution in [0.3, 0.4) is 0 Å². The van der Waals surface area contributed by atoms with E-state index < -0.39 is 41.1 Å². The number of benzene rings is 2. The number of hydrogen-bond acceptors (Lipinski definition) is 4. The Morgan fingerprint density at radius 1 is 1.08 bits per heavy atom. The Morgan fingerprint density at radius 3 is 2.32 bits per heavy atom. The molecule has 0 saturated carbocycles. The fourth-order valence-corrected chi connectivity index (χ4v) is 5.13. The topological polar surface area (TPSA) is 78.0 Å². The zero-order chi connectivity index (χ0) is 27.4. The van der Waals surface area contributed by atoms with Crippen molar-refractivity contribution >= 4 is 74.7 Å². The number of hydrogen-bond donors (Lipinski definition) is 0. The lowest BCUT2D eigenvalue weighted by atomic mass is 9.59. The van der Waals surface area contributed by atoms with E-state index in [0.29, 0.717) is 16.7 Å². The van der Waals surface area contributed by atoms with Crippen LogP contribution in [0.25, 0.3) is 0 Å². The van der Waals surface area contributed by atoms with Gasteiger partial charge in [0.1, 0.15) is 29.6 Å². The first-order chi connectivity index (χ1) is 17.3. The van der Waals surface area contributed by atoms with Crippen molar-refractivity contribution in [3.05, 3.63) is 69.7 Å². The van der Waals surface area contributed by atoms with Crippen molar-refractivity contribution in [2.75, 3.05) is 0 Å². The summed E-state index contributed by atoms with van der Waals surface area (Å²) in [4.78, 5) is 54.8. The number of piperidine rings is 1. The Bertz CT molecular complexity index is 1300. The van der Waals surface area contributed by atoms with Crippen molar-refractivity contribution in [1.82, 2.24) is 14.5 Å². The van der Waals surface area contributed by atoms with Crippen molar-refractivity contribution in [3.8, 4) is 0 Å². The molecule has 0 aromatic heterocycles. The summed E-state index contributed by atoms with van der Waals surface area (Å²) in [5.74, 6) is -7.68. The fraction of sp³-hybridized carbons (Fsp3) is 0.273. The van der Waals surface area contributed by atoms with E-state index in [1.54, 1.807) is 41.7 Å². The van der Waals surface area contributed by atoms with Crippen LogP contribution < -0.4 is 0 Å². The lowest BCUT2D eigenvalue weighted by Gasteiger charge is -2.42. The molecule has 2 aliphatic rings. The van der Waals surface area contributed by atoms with Gasteiger partial charge in [-0.2, -0.15) is 8.78 Å². The summed E-state index contributed by atoms with van der Waals surface area (Å²) in [6, 6.07) is 8.98. The zero-order valence-corrected chi connectivity index (χ0v) is 21.9. The minimum atomic E-state index is -3.76. The van der Waals surface area contributed by atoms with Gasteiger partial charge >= 0.3 is 5.92 Å². The van der Waals surface area contributed by atoms with Crippen molar-refractivity contribution in [3.63, 3.8) is 0 Å². The second-order valence-corrected chi connectivity index (χ2v) is 10.3. The van der Waals surface area contributed by atoms with Gasteiger partial charge in [-0.05, 0) is 35.1 Å². The molecule has 0 bridgehead atoms. The van der Waals surface area contributed by atoms with Crippen LogP contribution in [-0.2, 0) is 26.9 Å². The second kappa shape index (κ2) is 9.70. The summed E-state index contributed by atoms with van der Waals surface area (Å²) in [7, 11) is 7.87. The Morgan fingerprint density at radius 2 is 1.70 bits per heavy atom. The highest BCUT2D eigenvalue weighted by Gasteiger charge is 2.48. The summed E-state index contributed by atoms with van der Waals surface area (Å²) in [6.45, 7) is 0.142. The van der Waals surface area contributed by atoms with E-state index in [1.165, 1.54) is 33.0 Å². The molecule has 0 aliphatic carbocycles. The molecule has 1 fully saturated rings. The first-order valence-corrected chi connectivity index (χ1v) is 12.3. The van der Waals surface area contributed by atoms with Crippen molar-refractivity contribution in [1.29, 1.82) is 0 Å². The standard InChI is InChI=1S/C22H23B5ClF2N3O4/c23-14-15(24)19(35)33(27)20(36)16(14)31-8-10-7-9(1-6-13(10)18(31)34)17(25)32(26)21(37)22(29,30)11-2-4-12(28)5-3-11/h1-7,14-17H,8,23-27H2. The van der Waals surface area contributed by atoms with Crippen LogP contribution in [0, 0.1) is 0 Å². The lowest BCUT2D eigenvalue weighted by molar-refractivity contribution is -0.154. The SMILES string of the molecule is BC1C(=O)N(B)C(=O)C(N2Cc3cc(C(B)N(B)C(=O)C(F)(F)c4ccc(Cl)cc4)ccc3C2=O)C1B. The van der Waals surface area contributed by atoms with E-state index in [-0.39, 0.29) is 29.2 Å². The van der Waals surface area contributed by atoms with E-state index in [1.807, 2.05) is 0 Å². The van der Waals surface area contributed by atoms with E-state index in [4.69, 9.17) is 11.6 Å². The third kappa shape index (κ3) is 4.49. The number of nitrogens with zero attached hydrogens (tertiary/aromatic N) is 3. The van der Waals surface area contributed by atoms with Crippen LogP contribution >= 0.6 is 11.6 Å². The van der Waals surface area contributed by atoms with Crippen molar-refractivity contribution in [2.45, 2.75) is 36.1 Å². The Hall–Kier alpha value is -3.01. The molecule has 2 aliphatic heterocycles. The van der Waals surface area contributed by atoms with Crippen LogP contribution in [0.1, 0.15) is 33.0 Å². The molecular formula is C22H23B5ClF2N3O4. The first-order valence-electron chi connectivity index (χ1n) is 11.9. The number of carbonyl (C=O) groups is 4. The molecule has 7 nitrogen and oxygen atoms in total. The summed E-state index contributed by atoms with van der Waals surface area (Å²) in [5.41, 5.74) is 1.15. The Kier molecular flexibility index (Phi) is 7.09. The maximum absolute atomic E-state index is 15.0. The highest BCUT2D eigenvalue weighted by atomic mass is 35.5. The summed E-state index contributed by atoms with van der Waals surface area (Å²) in [5, 5.41) is 0.285. The first kappa shape index (κ1) is 27.0. The third-order valence-electron chi connectivity index (χ3n) is 7.75. The number of imide groups is 1. The van der Waals surface area contributed by atoms with Gasteiger partial charge in [0.25, 0.3) is 11.8 Å². The molecule has 2 heterocycles. The predicted octanol–water partition coefficient (Wildman–Crippen LogP) is -1.78. The van der Waals surface area contributed by atoms with Gasteiger partial charge in [0.05, 0.1) is 0 Å². The monoisotopic (exact) mass is 521 g/mol. The van der Waals surface area contributed by atoms with Gasteiger partial charge in [0.2, 0.25) is 27.8 Å². The van der Waals surface area contributed by atoms with Crippen molar-refractivity contribution < 1.29 is 28.0 Å². The number of fused-ring (bicyclic) bond motifs is 1. The number of alkyl halides is 2. The van der Waals surface area contributed by atoms with Crippen LogP contribution in [0.5, 0.6) is 0 Å². The molecule has 0 radical (unpaired) electrons. The minimum absolute atomic E-state index is 0.142. The van der Waals surface area contributed by atoms with E-state index in [2.05, 4.69) is 0 Å². The second-order valence-electron chi connectivity index (χ2n) is 9.85. The van der Waals surface area contributed by atoms with Gasteiger partial charge in [0, 0.05) is 34.5 Å².